The fraction of sp³-hybridized carbons (Fsp3) is 0.0556. The van der Waals surface area contributed by atoms with Gasteiger partial charge in [-0.2, -0.15) is 5.10 Å². The zero-order valence-corrected chi connectivity index (χ0v) is 15.1. The van der Waals surface area contributed by atoms with Crippen molar-refractivity contribution in [1.82, 2.24) is 19.7 Å². The Labute approximate surface area is 158 Å². The topological polar surface area (TPSA) is 62.1 Å². The van der Waals surface area contributed by atoms with Gasteiger partial charge in [0.15, 0.2) is 5.65 Å². The van der Waals surface area contributed by atoms with Gasteiger partial charge >= 0.3 is 0 Å². The molecule has 0 aliphatic heterocycles. The van der Waals surface area contributed by atoms with Crippen molar-refractivity contribution in [2.45, 2.75) is 0 Å². The van der Waals surface area contributed by atoms with E-state index in [9.17, 15) is 0 Å². The lowest BCUT2D eigenvalue weighted by Gasteiger charge is -2.07. The van der Waals surface area contributed by atoms with Crippen molar-refractivity contribution in [3.05, 3.63) is 65.0 Å². The summed E-state index contributed by atoms with van der Waals surface area (Å²) < 4.78 is 12.7. The Bertz CT molecular complexity index is 1080. The summed E-state index contributed by atoms with van der Waals surface area (Å²) in [5.41, 5.74) is 1.34. The predicted octanol–water partition coefficient (Wildman–Crippen LogP) is 4.92. The Kier molecular flexibility index (Phi) is 4.36. The van der Waals surface area contributed by atoms with E-state index in [-0.39, 0.29) is 0 Å². The second kappa shape index (κ2) is 6.82. The number of hydrogen-bond donors (Lipinski definition) is 0. The highest BCUT2D eigenvalue weighted by molar-refractivity contribution is 6.42. The van der Waals surface area contributed by atoms with Crippen LogP contribution in [0.15, 0.2) is 55.0 Å². The Morgan fingerprint density at radius 3 is 2.42 bits per heavy atom. The molecular formula is C18H12Cl2N4O2. The zero-order valence-electron chi connectivity index (χ0n) is 13.6. The van der Waals surface area contributed by atoms with E-state index in [1.165, 1.54) is 6.33 Å². The third-order valence-electron chi connectivity index (χ3n) is 3.75. The van der Waals surface area contributed by atoms with Gasteiger partial charge in [-0.15, -0.1) is 0 Å². The number of ether oxygens (including phenoxy) is 2. The van der Waals surface area contributed by atoms with Crippen LogP contribution in [0.25, 0.3) is 16.7 Å². The second-order valence-corrected chi connectivity index (χ2v) is 6.16. The van der Waals surface area contributed by atoms with Crippen LogP contribution < -0.4 is 9.47 Å². The summed E-state index contributed by atoms with van der Waals surface area (Å²) in [5.74, 6) is 1.79. The molecule has 0 unspecified atom stereocenters. The molecule has 0 fully saturated rings. The van der Waals surface area contributed by atoms with Gasteiger partial charge < -0.3 is 9.47 Å². The molecule has 0 aliphatic rings. The van der Waals surface area contributed by atoms with E-state index in [1.54, 1.807) is 42.3 Å². The minimum atomic E-state index is 0.409. The van der Waals surface area contributed by atoms with Gasteiger partial charge in [-0.25, -0.2) is 14.6 Å². The van der Waals surface area contributed by atoms with Crippen molar-refractivity contribution >= 4 is 34.2 Å². The third kappa shape index (κ3) is 3.05. The smallest absolute Gasteiger partial charge is 0.233 e. The van der Waals surface area contributed by atoms with Crippen LogP contribution in [-0.2, 0) is 0 Å². The van der Waals surface area contributed by atoms with E-state index in [1.807, 2.05) is 18.2 Å². The Morgan fingerprint density at radius 2 is 1.69 bits per heavy atom. The van der Waals surface area contributed by atoms with Gasteiger partial charge in [0.1, 0.15) is 23.2 Å². The molecule has 130 valence electrons. The van der Waals surface area contributed by atoms with Crippen LogP contribution in [0.5, 0.6) is 17.4 Å². The highest BCUT2D eigenvalue weighted by Gasteiger charge is 2.13. The van der Waals surface area contributed by atoms with Crippen LogP contribution in [0.1, 0.15) is 0 Å². The molecule has 0 aliphatic carbocycles. The molecule has 6 nitrogen and oxygen atoms in total. The highest BCUT2D eigenvalue weighted by Crippen LogP contribution is 2.30. The SMILES string of the molecule is COc1ccc(Oc2ncnc3c2cnn3-c2ccc(Cl)c(Cl)c2)cc1. The quantitative estimate of drug-likeness (QED) is 0.497. The largest absolute Gasteiger partial charge is 0.497 e. The normalized spacial score (nSPS) is 10.9. The molecule has 26 heavy (non-hydrogen) atoms. The standard InChI is InChI=1S/C18H12Cl2N4O2/c1-25-12-3-5-13(6-4-12)26-18-14-9-23-24(17(14)21-10-22-18)11-2-7-15(19)16(20)8-11/h2-10H,1H3. The molecule has 4 rings (SSSR count). The minimum absolute atomic E-state index is 0.409. The Morgan fingerprint density at radius 1 is 0.923 bits per heavy atom. The summed E-state index contributed by atoms with van der Waals surface area (Å²) in [4.78, 5) is 8.53. The van der Waals surface area contributed by atoms with Crippen molar-refractivity contribution < 1.29 is 9.47 Å². The van der Waals surface area contributed by atoms with Gasteiger partial charge in [0.25, 0.3) is 0 Å². The average Bonchev–Trinajstić information content (AvgIpc) is 3.10. The lowest BCUT2D eigenvalue weighted by atomic mass is 10.3. The van der Waals surface area contributed by atoms with Crippen LogP contribution in [-0.4, -0.2) is 26.9 Å². The van der Waals surface area contributed by atoms with Crippen molar-refractivity contribution in [2.24, 2.45) is 0 Å². The summed E-state index contributed by atoms with van der Waals surface area (Å²) in [6, 6.07) is 12.5. The van der Waals surface area contributed by atoms with E-state index in [2.05, 4.69) is 15.1 Å². The molecule has 2 aromatic heterocycles. The van der Waals surface area contributed by atoms with Gasteiger partial charge in [0.2, 0.25) is 5.88 Å². The molecule has 2 heterocycles. The average molecular weight is 387 g/mol. The van der Waals surface area contributed by atoms with E-state index in [0.717, 1.165) is 11.4 Å². The maximum atomic E-state index is 6.10. The fourth-order valence-corrected chi connectivity index (χ4v) is 2.76. The number of rotatable bonds is 4. The number of nitrogens with zero attached hydrogens (tertiary/aromatic N) is 4. The molecule has 0 saturated carbocycles. The van der Waals surface area contributed by atoms with Gasteiger partial charge in [-0.05, 0) is 42.5 Å². The molecular weight excluding hydrogens is 375 g/mol. The van der Waals surface area contributed by atoms with Crippen molar-refractivity contribution in [1.29, 1.82) is 0 Å². The summed E-state index contributed by atoms with van der Waals surface area (Å²) >= 11 is 12.1. The first-order chi connectivity index (χ1) is 12.7. The first-order valence-electron chi connectivity index (χ1n) is 7.62. The van der Waals surface area contributed by atoms with E-state index < -0.39 is 0 Å². The number of benzene rings is 2. The number of hydrogen-bond acceptors (Lipinski definition) is 5. The molecule has 2 aromatic carbocycles. The van der Waals surface area contributed by atoms with Crippen molar-refractivity contribution in [2.75, 3.05) is 7.11 Å². The lowest BCUT2D eigenvalue weighted by molar-refractivity contribution is 0.412. The van der Waals surface area contributed by atoms with E-state index >= 15 is 0 Å². The molecule has 0 spiro atoms. The van der Waals surface area contributed by atoms with Gasteiger partial charge in [-0.1, -0.05) is 23.2 Å². The summed E-state index contributed by atoms with van der Waals surface area (Å²) in [6.45, 7) is 0. The van der Waals surface area contributed by atoms with E-state index in [0.29, 0.717) is 32.7 Å². The maximum Gasteiger partial charge on any atom is 0.233 e. The van der Waals surface area contributed by atoms with E-state index in [4.69, 9.17) is 32.7 Å². The van der Waals surface area contributed by atoms with Crippen molar-refractivity contribution in [3.8, 4) is 23.1 Å². The first kappa shape index (κ1) is 16.6. The monoisotopic (exact) mass is 386 g/mol. The zero-order chi connectivity index (χ0) is 18.1. The molecule has 0 bridgehead atoms. The molecule has 0 radical (unpaired) electrons. The van der Waals surface area contributed by atoms with Gasteiger partial charge in [0, 0.05) is 0 Å². The second-order valence-electron chi connectivity index (χ2n) is 5.35. The van der Waals surface area contributed by atoms with Crippen LogP contribution in [0.2, 0.25) is 10.0 Å². The highest BCUT2D eigenvalue weighted by atomic mass is 35.5. The minimum Gasteiger partial charge on any atom is -0.497 e. The first-order valence-corrected chi connectivity index (χ1v) is 8.37. The lowest BCUT2D eigenvalue weighted by Crippen LogP contribution is -1.98. The van der Waals surface area contributed by atoms with Crippen LogP contribution >= 0.6 is 23.2 Å². The predicted molar refractivity (Wildman–Crippen MR) is 99.7 cm³/mol. The summed E-state index contributed by atoms with van der Waals surface area (Å²) in [7, 11) is 1.61. The number of halogens is 2. The molecule has 0 amide bonds. The summed E-state index contributed by atoms with van der Waals surface area (Å²) in [5, 5.41) is 5.97. The van der Waals surface area contributed by atoms with Gasteiger partial charge in [-0.3, -0.25) is 0 Å². The number of fused-ring (bicyclic) bond motifs is 1. The maximum absolute atomic E-state index is 6.10. The molecule has 4 aromatic rings. The number of aromatic nitrogens is 4. The van der Waals surface area contributed by atoms with Gasteiger partial charge in [0.05, 0.1) is 29.0 Å². The van der Waals surface area contributed by atoms with Crippen LogP contribution in [0.3, 0.4) is 0 Å². The molecule has 0 atom stereocenters. The molecule has 8 heteroatoms. The van der Waals surface area contributed by atoms with Crippen LogP contribution in [0.4, 0.5) is 0 Å². The fourth-order valence-electron chi connectivity index (χ4n) is 2.47. The summed E-state index contributed by atoms with van der Waals surface area (Å²) in [6.07, 6.45) is 3.08. The molecule has 0 saturated heterocycles. The Hall–Kier alpha value is -2.83. The third-order valence-corrected chi connectivity index (χ3v) is 4.49. The van der Waals surface area contributed by atoms with Crippen molar-refractivity contribution in [3.63, 3.8) is 0 Å². The van der Waals surface area contributed by atoms with Crippen LogP contribution in [0, 0.1) is 0 Å². The molecule has 0 N–H and O–H groups in total. The number of methoxy groups -OCH3 is 1. The Balaban J connectivity index is 1.73.